The Morgan fingerprint density at radius 2 is 1.67 bits per heavy atom. The Morgan fingerprint density at radius 1 is 1.07 bits per heavy atom. The van der Waals surface area contributed by atoms with E-state index in [4.69, 9.17) is 9.47 Å². The van der Waals surface area contributed by atoms with Gasteiger partial charge in [0.05, 0.1) is 7.11 Å². The first kappa shape index (κ1) is 25.4. The molecule has 0 aliphatic heterocycles. The first-order chi connectivity index (χ1) is 14.5. The van der Waals surface area contributed by atoms with E-state index < -0.39 is 23.3 Å². The van der Waals surface area contributed by atoms with Gasteiger partial charge in [-0.2, -0.15) is 0 Å². The Kier molecular flexibility index (Phi) is 11.5. The third kappa shape index (κ3) is 7.65. The molecule has 166 valence electrons. The van der Waals surface area contributed by atoms with Gasteiger partial charge in [0.15, 0.2) is 17.4 Å². The Hall–Kier alpha value is -2.63. The number of carbonyl (C=O) groups excluding carboxylic acids is 1. The van der Waals surface area contributed by atoms with Crippen molar-refractivity contribution in [3.8, 4) is 11.5 Å². The first-order valence-electron chi connectivity index (χ1n) is 10.5. The van der Waals surface area contributed by atoms with Crippen molar-refractivity contribution in [3.63, 3.8) is 0 Å². The van der Waals surface area contributed by atoms with Crippen molar-refractivity contribution in [2.75, 3.05) is 13.7 Å². The summed E-state index contributed by atoms with van der Waals surface area (Å²) >= 11 is 0. The van der Waals surface area contributed by atoms with Crippen LogP contribution in [0.4, 0.5) is 8.78 Å². The van der Waals surface area contributed by atoms with E-state index in [9.17, 15) is 13.6 Å². The molecule has 0 aliphatic rings. The topological polar surface area (TPSA) is 47.6 Å². The molecule has 0 saturated heterocycles. The van der Waals surface area contributed by atoms with Crippen molar-refractivity contribution in [2.24, 2.45) is 5.92 Å². The summed E-state index contributed by atoms with van der Waals surface area (Å²) < 4.78 is 39.0. The molecule has 0 radical (unpaired) electrons. The van der Waals surface area contributed by atoms with E-state index in [1.165, 1.54) is 0 Å². The summed E-state index contributed by atoms with van der Waals surface area (Å²) in [5.41, 5.74) is 0.682. The molecule has 0 bridgehead atoms. The standard InChI is InChI=1S/C22H27F2NO3.C2H6/c1-4-6-15(5-2)13-25-22(26)17-11-19(23)21(20(24)12-17)28-14-16-7-9-18(27-3)10-8-16;1-2/h7-12,15H,4-6,13-14H2,1-3H3,(H,25,26);1-2H3. The lowest BCUT2D eigenvalue weighted by Crippen LogP contribution is -2.29. The number of halogens is 2. The molecular formula is C24H33F2NO3. The Bertz CT molecular complexity index is 756. The van der Waals surface area contributed by atoms with Crippen LogP contribution in [0.5, 0.6) is 11.5 Å². The van der Waals surface area contributed by atoms with Crippen molar-refractivity contribution in [2.45, 2.75) is 53.6 Å². The minimum atomic E-state index is -0.903. The van der Waals surface area contributed by atoms with Crippen LogP contribution in [0.2, 0.25) is 0 Å². The lowest BCUT2D eigenvalue weighted by atomic mass is 10.0. The highest BCUT2D eigenvalue weighted by Crippen LogP contribution is 2.25. The van der Waals surface area contributed by atoms with Crippen molar-refractivity contribution in [1.82, 2.24) is 5.32 Å². The quantitative estimate of drug-likeness (QED) is 0.502. The molecule has 1 unspecified atom stereocenters. The molecular weight excluding hydrogens is 388 g/mol. The van der Waals surface area contributed by atoms with Crippen LogP contribution in [0.3, 0.4) is 0 Å². The Labute approximate surface area is 178 Å². The second-order valence-electron chi connectivity index (χ2n) is 6.68. The molecule has 6 heteroatoms. The molecule has 0 spiro atoms. The van der Waals surface area contributed by atoms with Gasteiger partial charge in [0.25, 0.3) is 5.91 Å². The van der Waals surface area contributed by atoms with E-state index in [0.29, 0.717) is 18.2 Å². The fourth-order valence-electron chi connectivity index (χ4n) is 2.90. The number of ether oxygens (including phenoxy) is 2. The van der Waals surface area contributed by atoms with E-state index in [2.05, 4.69) is 19.2 Å². The summed E-state index contributed by atoms with van der Waals surface area (Å²) in [6.45, 7) is 8.63. The smallest absolute Gasteiger partial charge is 0.251 e. The normalized spacial score (nSPS) is 11.2. The predicted octanol–water partition coefficient (Wildman–Crippen LogP) is 6.13. The number of hydrogen-bond acceptors (Lipinski definition) is 3. The molecule has 0 heterocycles. The Morgan fingerprint density at radius 3 is 2.17 bits per heavy atom. The lowest BCUT2D eigenvalue weighted by Gasteiger charge is -2.15. The maximum absolute atomic E-state index is 14.3. The second kappa shape index (κ2) is 13.6. The van der Waals surface area contributed by atoms with Crippen LogP contribution < -0.4 is 14.8 Å². The minimum Gasteiger partial charge on any atom is -0.497 e. The third-order valence-corrected chi connectivity index (χ3v) is 4.63. The second-order valence-corrected chi connectivity index (χ2v) is 6.68. The number of benzene rings is 2. The van der Waals surface area contributed by atoms with Gasteiger partial charge in [0.2, 0.25) is 0 Å². The third-order valence-electron chi connectivity index (χ3n) is 4.63. The average molecular weight is 422 g/mol. The highest BCUT2D eigenvalue weighted by molar-refractivity contribution is 5.94. The van der Waals surface area contributed by atoms with Crippen molar-refractivity contribution >= 4 is 5.91 Å². The van der Waals surface area contributed by atoms with E-state index in [1.54, 1.807) is 31.4 Å². The highest BCUT2D eigenvalue weighted by Gasteiger charge is 2.17. The molecule has 1 atom stereocenters. The van der Waals surface area contributed by atoms with Crippen LogP contribution in [-0.4, -0.2) is 19.6 Å². The largest absolute Gasteiger partial charge is 0.497 e. The molecule has 0 fully saturated rings. The number of nitrogens with one attached hydrogen (secondary N) is 1. The van der Waals surface area contributed by atoms with Gasteiger partial charge in [-0.15, -0.1) is 0 Å². The van der Waals surface area contributed by atoms with Crippen molar-refractivity contribution in [1.29, 1.82) is 0 Å². The van der Waals surface area contributed by atoms with Crippen LogP contribution in [0.15, 0.2) is 36.4 Å². The van der Waals surface area contributed by atoms with E-state index in [0.717, 1.165) is 37.0 Å². The summed E-state index contributed by atoms with van der Waals surface area (Å²) in [6.07, 6.45) is 2.96. The van der Waals surface area contributed by atoms with Crippen LogP contribution in [-0.2, 0) is 6.61 Å². The Balaban J connectivity index is 0.00000218. The fourth-order valence-corrected chi connectivity index (χ4v) is 2.90. The zero-order valence-corrected chi connectivity index (χ0v) is 18.6. The molecule has 2 rings (SSSR count). The van der Waals surface area contributed by atoms with Crippen LogP contribution in [0.1, 0.15) is 62.9 Å². The molecule has 1 N–H and O–H groups in total. The van der Waals surface area contributed by atoms with Gasteiger partial charge >= 0.3 is 0 Å². The maximum Gasteiger partial charge on any atom is 0.251 e. The van der Waals surface area contributed by atoms with Crippen molar-refractivity contribution < 1.29 is 23.0 Å². The van der Waals surface area contributed by atoms with Crippen LogP contribution >= 0.6 is 0 Å². The number of amides is 1. The van der Waals surface area contributed by atoms with Gasteiger partial charge in [-0.1, -0.05) is 52.7 Å². The summed E-state index contributed by atoms with van der Waals surface area (Å²) in [5, 5.41) is 2.75. The minimum absolute atomic E-state index is 0.00141. The molecule has 1 amide bonds. The number of carbonyl (C=O) groups is 1. The van der Waals surface area contributed by atoms with Gasteiger partial charge in [0.1, 0.15) is 12.4 Å². The van der Waals surface area contributed by atoms with E-state index >= 15 is 0 Å². The van der Waals surface area contributed by atoms with Crippen LogP contribution in [0.25, 0.3) is 0 Å². The SMILES string of the molecule is CC.CCCC(CC)CNC(=O)c1cc(F)c(OCc2ccc(OC)cc2)c(F)c1. The predicted molar refractivity (Wildman–Crippen MR) is 116 cm³/mol. The molecule has 0 aromatic heterocycles. The number of methoxy groups -OCH3 is 1. The molecule has 0 aliphatic carbocycles. The monoisotopic (exact) mass is 421 g/mol. The molecule has 4 nitrogen and oxygen atoms in total. The summed E-state index contributed by atoms with van der Waals surface area (Å²) in [5.74, 6) is -1.76. The van der Waals surface area contributed by atoms with E-state index in [-0.39, 0.29) is 12.2 Å². The number of rotatable bonds is 10. The zero-order valence-electron chi connectivity index (χ0n) is 18.6. The number of hydrogen-bond donors (Lipinski definition) is 1. The zero-order chi connectivity index (χ0) is 22.5. The van der Waals surface area contributed by atoms with Gasteiger partial charge in [-0.25, -0.2) is 8.78 Å². The van der Waals surface area contributed by atoms with Crippen molar-refractivity contribution in [3.05, 3.63) is 59.2 Å². The summed E-state index contributed by atoms with van der Waals surface area (Å²) in [4.78, 5) is 12.2. The lowest BCUT2D eigenvalue weighted by molar-refractivity contribution is 0.0944. The van der Waals surface area contributed by atoms with E-state index in [1.807, 2.05) is 13.8 Å². The molecule has 30 heavy (non-hydrogen) atoms. The van der Waals surface area contributed by atoms with Gasteiger partial charge < -0.3 is 14.8 Å². The summed E-state index contributed by atoms with van der Waals surface area (Å²) in [6, 6.07) is 8.97. The highest BCUT2D eigenvalue weighted by atomic mass is 19.1. The summed E-state index contributed by atoms with van der Waals surface area (Å²) in [7, 11) is 1.56. The fraction of sp³-hybridized carbons (Fsp3) is 0.458. The van der Waals surface area contributed by atoms with Gasteiger partial charge in [-0.05, 0) is 42.2 Å². The average Bonchev–Trinajstić information content (AvgIpc) is 2.77. The van der Waals surface area contributed by atoms with Crippen LogP contribution in [0, 0.1) is 17.6 Å². The first-order valence-corrected chi connectivity index (χ1v) is 10.5. The molecule has 2 aromatic rings. The van der Waals surface area contributed by atoms with Gasteiger partial charge in [0, 0.05) is 12.1 Å². The molecule has 2 aromatic carbocycles. The molecule has 0 saturated carbocycles. The van der Waals surface area contributed by atoms with Gasteiger partial charge in [-0.3, -0.25) is 4.79 Å². The maximum atomic E-state index is 14.3.